The Bertz CT molecular complexity index is 397. The van der Waals surface area contributed by atoms with Gasteiger partial charge in [0.05, 0.1) is 18.9 Å². The monoisotopic (exact) mass is 217 g/mol. The second-order valence-corrected chi connectivity index (χ2v) is 3.57. The van der Waals surface area contributed by atoms with Gasteiger partial charge in [-0.25, -0.2) is 0 Å². The first-order valence-corrected chi connectivity index (χ1v) is 5.33. The third-order valence-corrected chi connectivity index (χ3v) is 2.35. The molecule has 16 heavy (non-hydrogen) atoms. The highest BCUT2D eigenvalue weighted by atomic mass is 16.5. The van der Waals surface area contributed by atoms with Crippen molar-refractivity contribution in [3.8, 4) is 5.75 Å². The van der Waals surface area contributed by atoms with Crippen molar-refractivity contribution in [2.24, 2.45) is 5.73 Å². The molecular formula is C13H15NO2. The molecule has 1 heterocycles. The molecule has 3 heteroatoms. The van der Waals surface area contributed by atoms with Crippen LogP contribution in [0.2, 0.25) is 0 Å². The molecule has 0 amide bonds. The van der Waals surface area contributed by atoms with Gasteiger partial charge in [-0.05, 0) is 24.3 Å². The Kier molecular flexibility index (Phi) is 3.62. The van der Waals surface area contributed by atoms with E-state index in [9.17, 15) is 0 Å². The summed E-state index contributed by atoms with van der Waals surface area (Å²) >= 11 is 0. The number of nitrogens with two attached hydrogens (primary N) is 1. The second-order valence-electron chi connectivity index (χ2n) is 3.57. The molecule has 0 fully saturated rings. The number of furan rings is 1. The molecule has 3 nitrogen and oxygen atoms in total. The van der Waals surface area contributed by atoms with Crippen LogP contribution in [0.5, 0.6) is 5.75 Å². The molecule has 2 N–H and O–H groups in total. The van der Waals surface area contributed by atoms with Crippen LogP contribution in [-0.2, 0) is 0 Å². The van der Waals surface area contributed by atoms with Gasteiger partial charge in [0.1, 0.15) is 11.5 Å². The molecule has 0 aliphatic heterocycles. The van der Waals surface area contributed by atoms with Crippen LogP contribution in [0.3, 0.4) is 0 Å². The highest BCUT2D eigenvalue weighted by molar-refractivity contribution is 5.20. The van der Waals surface area contributed by atoms with Crippen LogP contribution < -0.4 is 10.5 Å². The highest BCUT2D eigenvalue weighted by Crippen LogP contribution is 2.15. The van der Waals surface area contributed by atoms with E-state index in [2.05, 4.69) is 0 Å². The first-order chi connectivity index (χ1) is 7.86. The van der Waals surface area contributed by atoms with Gasteiger partial charge in [0, 0.05) is 6.42 Å². The zero-order valence-corrected chi connectivity index (χ0v) is 9.00. The minimum Gasteiger partial charge on any atom is -0.494 e. The Balaban J connectivity index is 1.76. The zero-order chi connectivity index (χ0) is 11.2. The molecule has 0 radical (unpaired) electrons. The quantitative estimate of drug-likeness (QED) is 0.837. The van der Waals surface area contributed by atoms with Crippen molar-refractivity contribution in [1.82, 2.24) is 0 Å². The van der Waals surface area contributed by atoms with E-state index < -0.39 is 0 Å². The Labute approximate surface area is 94.8 Å². The average molecular weight is 217 g/mol. The van der Waals surface area contributed by atoms with Gasteiger partial charge in [-0.3, -0.25) is 0 Å². The van der Waals surface area contributed by atoms with Crippen LogP contribution in [0, 0.1) is 0 Å². The minimum absolute atomic E-state index is 0.0984. The second kappa shape index (κ2) is 5.37. The lowest BCUT2D eigenvalue weighted by atomic mass is 10.2. The SMILES string of the molecule is NC(CCOc1ccccc1)c1ccco1. The lowest BCUT2D eigenvalue weighted by molar-refractivity contribution is 0.289. The molecule has 1 aromatic carbocycles. The van der Waals surface area contributed by atoms with Crippen molar-refractivity contribution < 1.29 is 9.15 Å². The maximum absolute atomic E-state index is 5.93. The molecule has 0 aliphatic rings. The van der Waals surface area contributed by atoms with E-state index in [4.69, 9.17) is 14.9 Å². The van der Waals surface area contributed by atoms with Crippen LogP contribution >= 0.6 is 0 Å². The highest BCUT2D eigenvalue weighted by Gasteiger charge is 2.08. The van der Waals surface area contributed by atoms with Gasteiger partial charge >= 0.3 is 0 Å². The van der Waals surface area contributed by atoms with Gasteiger partial charge in [-0.15, -0.1) is 0 Å². The normalized spacial score (nSPS) is 12.3. The molecule has 84 valence electrons. The third-order valence-electron chi connectivity index (χ3n) is 2.35. The summed E-state index contributed by atoms with van der Waals surface area (Å²) in [7, 11) is 0. The summed E-state index contributed by atoms with van der Waals surface area (Å²) in [5, 5.41) is 0. The maximum Gasteiger partial charge on any atom is 0.120 e. The van der Waals surface area contributed by atoms with Crippen molar-refractivity contribution in [2.75, 3.05) is 6.61 Å². The standard InChI is InChI=1S/C13H15NO2/c14-12(13-7-4-9-16-13)8-10-15-11-5-2-1-3-6-11/h1-7,9,12H,8,10,14H2. The largest absolute Gasteiger partial charge is 0.494 e. The van der Waals surface area contributed by atoms with Crippen LogP contribution in [0.4, 0.5) is 0 Å². The summed E-state index contributed by atoms with van der Waals surface area (Å²) < 4.78 is 10.8. The zero-order valence-electron chi connectivity index (χ0n) is 9.00. The van der Waals surface area contributed by atoms with Crippen molar-refractivity contribution in [3.63, 3.8) is 0 Å². The molecule has 0 saturated carbocycles. The van der Waals surface area contributed by atoms with Gasteiger partial charge in [0.15, 0.2) is 0 Å². The van der Waals surface area contributed by atoms with Crippen LogP contribution in [0.25, 0.3) is 0 Å². The number of rotatable bonds is 5. The van der Waals surface area contributed by atoms with E-state index in [-0.39, 0.29) is 6.04 Å². The Morgan fingerprint density at radius 2 is 1.94 bits per heavy atom. The van der Waals surface area contributed by atoms with E-state index in [0.717, 1.165) is 17.9 Å². The lowest BCUT2D eigenvalue weighted by Crippen LogP contribution is -2.13. The molecule has 1 aromatic heterocycles. The van der Waals surface area contributed by atoms with Crippen LogP contribution in [0.15, 0.2) is 53.1 Å². The summed E-state index contributed by atoms with van der Waals surface area (Å²) in [6.45, 7) is 0.589. The van der Waals surface area contributed by atoms with Crippen LogP contribution in [-0.4, -0.2) is 6.61 Å². The first-order valence-electron chi connectivity index (χ1n) is 5.33. The van der Waals surface area contributed by atoms with Crippen LogP contribution in [0.1, 0.15) is 18.2 Å². The number of hydrogen-bond donors (Lipinski definition) is 1. The molecule has 2 aromatic rings. The average Bonchev–Trinajstić information content (AvgIpc) is 2.84. The fourth-order valence-electron chi connectivity index (χ4n) is 1.46. The predicted molar refractivity (Wildman–Crippen MR) is 62.2 cm³/mol. The molecule has 1 atom stereocenters. The van der Waals surface area contributed by atoms with Crippen molar-refractivity contribution >= 4 is 0 Å². The molecule has 0 spiro atoms. The Morgan fingerprint density at radius 3 is 2.62 bits per heavy atom. The van der Waals surface area contributed by atoms with E-state index in [0.29, 0.717) is 6.61 Å². The summed E-state index contributed by atoms with van der Waals surface area (Å²) in [4.78, 5) is 0. The van der Waals surface area contributed by atoms with Gasteiger partial charge < -0.3 is 14.9 Å². The van der Waals surface area contributed by atoms with E-state index >= 15 is 0 Å². The Morgan fingerprint density at radius 1 is 1.12 bits per heavy atom. The predicted octanol–water partition coefficient (Wildman–Crippen LogP) is 2.75. The summed E-state index contributed by atoms with van der Waals surface area (Å²) in [6.07, 6.45) is 2.37. The molecular weight excluding hydrogens is 202 g/mol. The Hall–Kier alpha value is -1.74. The first kappa shape index (κ1) is 10.8. The minimum atomic E-state index is -0.0984. The third kappa shape index (κ3) is 2.87. The lowest BCUT2D eigenvalue weighted by Gasteiger charge is -2.10. The van der Waals surface area contributed by atoms with Gasteiger partial charge in [0.2, 0.25) is 0 Å². The topological polar surface area (TPSA) is 48.4 Å². The summed E-state index contributed by atoms with van der Waals surface area (Å²) in [5.74, 6) is 1.67. The number of benzene rings is 1. The van der Waals surface area contributed by atoms with Crippen molar-refractivity contribution in [3.05, 3.63) is 54.5 Å². The summed E-state index contributed by atoms with van der Waals surface area (Å²) in [6, 6.07) is 13.3. The summed E-state index contributed by atoms with van der Waals surface area (Å²) in [5.41, 5.74) is 5.93. The number of ether oxygens (including phenoxy) is 1. The van der Waals surface area contributed by atoms with E-state index in [1.807, 2.05) is 42.5 Å². The fraction of sp³-hybridized carbons (Fsp3) is 0.231. The van der Waals surface area contributed by atoms with Gasteiger partial charge in [-0.1, -0.05) is 18.2 Å². The molecule has 2 rings (SSSR count). The van der Waals surface area contributed by atoms with Crippen molar-refractivity contribution in [2.45, 2.75) is 12.5 Å². The van der Waals surface area contributed by atoms with E-state index in [1.54, 1.807) is 6.26 Å². The van der Waals surface area contributed by atoms with E-state index in [1.165, 1.54) is 0 Å². The molecule has 0 bridgehead atoms. The number of hydrogen-bond acceptors (Lipinski definition) is 3. The molecule has 1 unspecified atom stereocenters. The molecule has 0 aliphatic carbocycles. The maximum atomic E-state index is 5.93. The molecule has 0 saturated heterocycles. The smallest absolute Gasteiger partial charge is 0.120 e. The van der Waals surface area contributed by atoms with Gasteiger partial charge in [-0.2, -0.15) is 0 Å². The number of para-hydroxylation sites is 1. The fourth-order valence-corrected chi connectivity index (χ4v) is 1.46. The van der Waals surface area contributed by atoms with Gasteiger partial charge in [0.25, 0.3) is 0 Å². The van der Waals surface area contributed by atoms with Crippen molar-refractivity contribution in [1.29, 1.82) is 0 Å².